The Morgan fingerprint density at radius 3 is 2.15 bits per heavy atom. The van der Waals surface area contributed by atoms with Crippen molar-refractivity contribution in [2.75, 3.05) is 12.4 Å². The Kier molecular flexibility index (Phi) is 4.90. The summed E-state index contributed by atoms with van der Waals surface area (Å²) in [6, 6.07) is 5.14. The van der Waals surface area contributed by atoms with Crippen LogP contribution >= 0.6 is 27.5 Å². The van der Waals surface area contributed by atoms with E-state index in [2.05, 4.69) is 15.9 Å². The topological polar surface area (TPSA) is 84.0 Å². The number of nitrogens with zero attached hydrogens (tertiary/aromatic N) is 2. The summed E-state index contributed by atoms with van der Waals surface area (Å²) in [7, 11) is 1.19. The number of carbonyl (C=O) groups excluding carboxylic acids is 4. The van der Waals surface area contributed by atoms with Crippen LogP contribution in [-0.2, 0) is 14.3 Å². The minimum Gasteiger partial charge on any atom is -0.464 e. The molecule has 2 aliphatic heterocycles. The predicted octanol–water partition coefficient (Wildman–Crippen LogP) is 1.90. The number of carbonyl (C=O) groups is 4. The monoisotopic (exact) mass is 440 g/mol. The van der Waals surface area contributed by atoms with Gasteiger partial charge in [-0.1, -0.05) is 39.7 Å². The van der Waals surface area contributed by atoms with Gasteiger partial charge in [0.1, 0.15) is 11.2 Å². The first kappa shape index (κ1) is 18.6. The first-order chi connectivity index (χ1) is 12.3. The van der Waals surface area contributed by atoms with E-state index in [1.165, 1.54) is 19.2 Å². The Hall–Kier alpha value is -2.19. The van der Waals surface area contributed by atoms with Crippen LogP contribution in [0, 0.1) is 0 Å². The van der Waals surface area contributed by atoms with Gasteiger partial charge in [-0.25, -0.2) is 4.79 Å². The van der Waals surface area contributed by atoms with Crippen LogP contribution < -0.4 is 0 Å². The average Bonchev–Trinajstić information content (AvgIpc) is 2.90. The molecule has 2 heterocycles. The molecule has 2 atom stereocenters. The van der Waals surface area contributed by atoms with Gasteiger partial charge in [-0.15, -0.1) is 0 Å². The molecule has 0 saturated carbocycles. The van der Waals surface area contributed by atoms with Crippen molar-refractivity contribution in [2.45, 2.75) is 18.5 Å². The fraction of sp³-hybridized carbons (Fsp3) is 0.294. The number of alkyl halides is 2. The van der Waals surface area contributed by atoms with Crippen molar-refractivity contribution >= 4 is 51.2 Å². The summed E-state index contributed by atoms with van der Waals surface area (Å²) in [5.41, 5.74) is -0.0623. The average molecular weight is 442 g/mol. The van der Waals surface area contributed by atoms with E-state index in [0.29, 0.717) is 10.9 Å². The maximum Gasteiger partial charge on any atom is 0.354 e. The van der Waals surface area contributed by atoms with Gasteiger partial charge in [0, 0.05) is 5.33 Å². The summed E-state index contributed by atoms with van der Waals surface area (Å²) in [5, 5.41) is 0.322. The number of allylic oxidation sites excluding steroid dienone is 1. The molecule has 1 aromatic rings. The third kappa shape index (κ3) is 2.55. The number of methoxy groups -OCH3 is 1. The standard InChI is InChI=1S/C17H14BrClN2O5/c1-8(7-18)11(17(25)26-2)20-13(19)12(16(20)24)21-14(22)9-5-3-4-6-10(9)15(21)23/h3-6,12-13H,7H2,1-2H3/t12-,13-/m1/s1. The maximum atomic E-state index is 12.7. The van der Waals surface area contributed by atoms with E-state index in [1.54, 1.807) is 19.1 Å². The molecule has 0 bridgehead atoms. The fourth-order valence-corrected chi connectivity index (χ4v) is 3.69. The zero-order valence-electron chi connectivity index (χ0n) is 13.9. The van der Waals surface area contributed by atoms with E-state index < -0.39 is 35.2 Å². The number of β-lactam (4-membered cyclic amide) rings is 1. The van der Waals surface area contributed by atoms with Gasteiger partial charge in [-0.05, 0) is 24.6 Å². The smallest absolute Gasteiger partial charge is 0.354 e. The highest BCUT2D eigenvalue weighted by Gasteiger charge is 2.57. The van der Waals surface area contributed by atoms with Crippen LogP contribution in [0.2, 0.25) is 0 Å². The zero-order valence-corrected chi connectivity index (χ0v) is 16.2. The molecule has 1 fully saturated rings. The van der Waals surface area contributed by atoms with Crippen molar-refractivity contribution in [3.8, 4) is 0 Å². The van der Waals surface area contributed by atoms with Gasteiger partial charge >= 0.3 is 5.97 Å². The van der Waals surface area contributed by atoms with Gasteiger partial charge in [0.25, 0.3) is 17.7 Å². The number of likely N-dealkylation sites (tertiary alicyclic amines) is 1. The second kappa shape index (κ2) is 6.85. The maximum absolute atomic E-state index is 12.7. The van der Waals surface area contributed by atoms with Gasteiger partial charge < -0.3 is 4.74 Å². The van der Waals surface area contributed by atoms with Crippen molar-refractivity contribution in [3.05, 3.63) is 46.7 Å². The number of esters is 1. The van der Waals surface area contributed by atoms with Gasteiger partial charge in [-0.3, -0.25) is 24.2 Å². The quantitative estimate of drug-likeness (QED) is 0.178. The van der Waals surface area contributed by atoms with Crippen molar-refractivity contribution in [3.63, 3.8) is 0 Å². The predicted molar refractivity (Wildman–Crippen MR) is 95.7 cm³/mol. The summed E-state index contributed by atoms with van der Waals surface area (Å²) < 4.78 is 4.72. The molecule has 9 heteroatoms. The van der Waals surface area contributed by atoms with E-state index in [-0.39, 0.29) is 16.8 Å². The minimum absolute atomic E-state index is 0.00207. The summed E-state index contributed by atoms with van der Waals surface area (Å²) in [4.78, 5) is 51.8. The highest BCUT2D eigenvalue weighted by molar-refractivity contribution is 9.09. The molecule has 2 aliphatic rings. The van der Waals surface area contributed by atoms with E-state index in [0.717, 1.165) is 9.80 Å². The molecule has 0 aromatic heterocycles. The number of hydrogen-bond donors (Lipinski definition) is 0. The van der Waals surface area contributed by atoms with Crippen LogP contribution in [-0.4, -0.2) is 57.5 Å². The summed E-state index contributed by atoms with van der Waals surface area (Å²) in [6.45, 7) is 1.65. The van der Waals surface area contributed by atoms with E-state index >= 15 is 0 Å². The molecular formula is C17H14BrClN2O5. The van der Waals surface area contributed by atoms with Crippen molar-refractivity contribution in [1.29, 1.82) is 0 Å². The zero-order chi connectivity index (χ0) is 19.2. The second-order valence-electron chi connectivity index (χ2n) is 5.81. The lowest BCUT2D eigenvalue weighted by molar-refractivity contribution is -0.153. The largest absolute Gasteiger partial charge is 0.464 e. The Labute approximate surface area is 162 Å². The molecule has 1 saturated heterocycles. The van der Waals surface area contributed by atoms with Crippen LogP contribution in [0.1, 0.15) is 27.6 Å². The number of benzene rings is 1. The molecule has 136 valence electrons. The highest BCUT2D eigenvalue weighted by Crippen LogP contribution is 2.37. The summed E-state index contributed by atoms with van der Waals surface area (Å²) in [6.07, 6.45) is 0. The van der Waals surface area contributed by atoms with Crippen LogP contribution in [0.3, 0.4) is 0 Å². The first-order valence-corrected chi connectivity index (χ1v) is 9.19. The molecule has 26 heavy (non-hydrogen) atoms. The molecule has 1 aromatic carbocycles. The number of halogens is 2. The Bertz CT molecular complexity index is 833. The van der Waals surface area contributed by atoms with E-state index in [4.69, 9.17) is 16.3 Å². The number of rotatable bonds is 4. The molecule has 7 nitrogen and oxygen atoms in total. The van der Waals surface area contributed by atoms with Gasteiger partial charge in [0.05, 0.1) is 18.2 Å². The van der Waals surface area contributed by atoms with Crippen molar-refractivity contribution in [2.24, 2.45) is 0 Å². The number of hydrogen-bond acceptors (Lipinski definition) is 5. The third-order valence-corrected chi connectivity index (χ3v) is 5.60. The lowest BCUT2D eigenvalue weighted by atomic mass is 10.0. The molecule has 0 aliphatic carbocycles. The van der Waals surface area contributed by atoms with Crippen molar-refractivity contribution < 1.29 is 23.9 Å². The molecule has 0 spiro atoms. The molecule has 3 amide bonds. The van der Waals surface area contributed by atoms with Crippen LogP contribution in [0.5, 0.6) is 0 Å². The van der Waals surface area contributed by atoms with Crippen LogP contribution in [0.25, 0.3) is 0 Å². The first-order valence-electron chi connectivity index (χ1n) is 7.63. The van der Waals surface area contributed by atoms with Gasteiger partial charge in [0.2, 0.25) is 0 Å². The number of ether oxygens (including phenoxy) is 1. The third-order valence-electron chi connectivity index (χ3n) is 4.33. The van der Waals surface area contributed by atoms with E-state index in [1.807, 2.05) is 0 Å². The summed E-state index contributed by atoms with van der Waals surface area (Å²) >= 11 is 9.56. The van der Waals surface area contributed by atoms with Gasteiger partial charge in [-0.2, -0.15) is 0 Å². The van der Waals surface area contributed by atoms with Crippen molar-refractivity contribution in [1.82, 2.24) is 9.80 Å². The number of imide groups is 1. The summed E-state index contributed by atoms with van der Waals surface area (Å²) in [5.74, 6) is -2.48. The van der Waals surface area contributed by atoms with Gasteiger partial charge in [0.15, 0.2) is 6.04 Å². The normalized spacial score (nSPS) is 22.8. The molecule has 3 rings (SSSR count). The Morgan fingerprint density at radius 1 is 1.19 bits per heavy atom. The number of amides is 3. The minimum atomic E-state index is -1.17. The Morgan fingerprint density at radius 2 is 1.73 bits per heavy atom. The SMILES string of the molecule is COC(=O)C(=C(C)CBr)N1C(=O)[C@H](N2C(=O)c3ccccc3C2=O)[C@@H]1Cl. The lowest BCUT2D eigenvalue weighted by Gasteiger charge is -2.46. The second-order valence-corrected chi connectivity index (χ2v) is 6.81. The van der Waals surface area contributed by atoms with Crippen LogP contribution in [0.15, 0.2) is 35.5 Å². The molecule has 0 N–H and O–H groups in total. The lowest BCUT2D eigenvalue weighted by Crippen LogP contribution is -2.69. The van der Waals surface area contributed by atoms with Crippen LogP contribution in [0.4, 0.5) is 0 Å². The molecule has 0 unspecified atom stereocenters. The molecular weight excluding hydrogens is 428 g/mol. The molecule has 0 radical (unpaired) electrons. The highest BCUT2D eigenvalue weighted by atomic mass is 79.9. The fourth-order valence-electron chi connectivity index (χ4n) is 3.01. The Balaban J connectivity index is 1.93. The van der Waals surface area contributed by atoms with E-state index in [9.17, 15) is 19.2 Å². The number of fused-ring (bicyclic) bond motifs is 1.